The van der Waals surface area contributed by atoms with E-state index in [9.17, 15) is 9.59 Å². The van der Waals surface area contributed by atoms with Crippen LogP contribution in [-0.2, 0) is 4.79 Å². The third-order valence-electron chi connectivity index (χ3n) is 2.93. The highest BCUT2D eigenvalue weighted by Gasteiger charge is 2.18. The molecule has 8 heteroatoms. The zero-order valence-electron chi connectivity index (χ0n) is 12.8. The van der Waals surface area contributed by atoms with Crippen molar-refractivity contribution in [3.63, 3.8) is 0 Å². The van der Waals surface area contributed by atoms with Gasteiger partial charge in [-0.15, -0.1) is 0 Å². The molecule has 0 aliphatic carbocycles. The smallest absolute Gasteiger partial charge is 0.251 e. The van der Waals surface area contributed by atoms with Gasteiger partial charge in [0.1, 0.15) is 5.75 Å². The van der Waals surface area contributed by atoms with Gasteiger partial charge in [-0.2, -0.15) is 0 Å². The summed E-state index contributed by atoms with van der Waals surface area (Å²) in [5, 5.41) is 3.18. The Balaban J connectivity index is 2.11. The second-order valence-corrected chi connectivity index (χ2v) is 6.55. The molecular formula is C15H16ClN3O3S. The summed E-state index contributed by atoms with van der Waals surface area (Å²) in [6.45, 7) is 3.44. The molecule has 0 fully saturated rings. The molecule has 23 heavy (non-hydrogen) atoms. The van der Waals surface area contributed by atoms with Crippen LogP contribution < -0.4 is 15.6 Å². The first-order valence-corrected chi connectivity index (χ1v) is 8.04. The minimum atomic E-state index is -0.469. The van der Waals surface area contributed by atoms with Crippen molar-refractivity contribution in [2.24, 2.45) is 0 Å². The lowest BCUT2D eigenvalue weighted by Crippen LogP contribution is -2.23. The van der Waals surface area contributed by atoms with Gasteiger partial charge in [-0.1, -0.05) is 23.4 Å². The van der Waals surface area contributed by atoms with Gasteiger partial charge in [-0.25, -0.2) is 4.98 Å². The number of aromatic nitrogens is 2. The van der Waals surface area contributed by atoms with E-state index in [-0.39, 0.29) is 11.5 Å². The molecule has 0 radical (unpaired) electrons. The predicted octanol–water partition coefficient (Wildman–Crippen LogP) is 2.86. The van der Waals surface area contributed by atoms with Crippen molar-refractivity contribution in [3.05, 3.63) is 45.3 Å². The van der Waals surface area contributed by atoms with Crippen LogP contribution in [0.25, 0.3) is 0 Å². The van der Waals surface area contributed by atoms with Gasteiger partial charge in [-0.3, -0.25) is 9.59 Å². The number of aryl methyl sites for hydroxylation is 1. The lowest BCUT2D eigenvalue weighted by molar-refractivity contribution is -0.115. The molecule has 6 nitrogen and oxygen atoms in total. The number of ether oxygens (including phenoxy) is 1. The van der Waals surface area contributed by atoms with Gasteiger partial charge in [0.2, 0.25) is 5.91 Å². The maximum Gasteiger partial charge on any atom is 0.251 e. The van der Waals surface area contributed by atoms with Gasteiger partial charge in [0, 0.05) is 16.8 Å². The van der Waals surface area contributed by atoms with Crippen molar-refractivity contribution in [2.75, 3.05) is 12.4 Å². The molecule has 1 heterocycles. The molecule has 2 aromatic rings. The van der Waals surface area contributed by atoms with Gasteiger partial charge < -0.3 is 15.0 Å². The summed E-state index contributed by atoms with van der Waals surface area (Å²) in [6.07, 6.45) is 0. The number of thioether (sulfide) groups is 1. The van der Waals surface area contributed by atoms with Crippen LogP contribution >= 0.6 is 23.4 Å². The van der Waals surface area contributed by atoms with Crippen molar-refractivity contribution in [2.45, 2.75) is 24.3 Å². The molecule has 1 amide bonds. The maximum absolute atomic E-state index is 12.3. The summed E-state index contributed by atoms with van der Waals surface area (Å²) in [5.74, 6) is 0.266. The second-order valence-electron chi connectivity index (χ2n) is 4.79. The van der Waals surface area contributed by atoms with E-state index in [2.05, 4.69) is 15.3 Å². The third-order valence-corrected chi connectivity index (χ3v) is 4.14. The SMILES string of the molecule is COc1ccc(Cl)cc1NC(=O)[C@H](C)Sc1nc(C)cc(=O)[nH]1. The highest BCUT2D eigenvalue weighted by atomic mass is 35.5. The van der Waals surface area contributed by atoms with Crippen LogP contribution in [0, 0.1) is 6.92 Å². The number of carbonyl (C=O) groups is 1. The maximum atomic E-state index is 12.3. The minimum absolute atomic E-state index is 0.246. The van der Waals surface area contributed by atoms with Gasteiger partial charge in [0.15, 0.2) is 5.16 Å². The predicted molar refractivity (Wildman–Crippen MR) is 91.5 cm³/mol. The number of nitrogens with zero attached hydrogens (tertiary/aromatic N) is 1. The second kappa shape index (κ2) is 7.52. The Morgan fingerprint density at radius 2 is 2.17 bits per heavy atom. The molecule has 0 saturated carbocycles. The molecule has 0 saturated heterocycles. The number of methoxy groups -OCH3 is 1. The van der Waals surface area contributed by atoms with Gasteiger partial charge in [0.25, 0.3) is 5.56 Å². The van der Waals surface area contributed by atoms with E-state index < -0.39 is 5.25 Å². The molecule has 1 aromatic carbocycles. The first kappa shape index (κ1) is 17.4. The summed E-state index contributed by atoms with van der Waals surface area (Å²) >= 11 is 7.10. The molecule has 0 spiro atoms. The molecule has 0 aliphatic rings. The fraction of sp³-hybridized carbons (Fsp3) is 0.267. The van der Waals surface area contributed by atoms with Gasteiger partial charge >= 0.3 is 0 Å². The summed E-state index contributed by atoms with van der Waals surface area (Å²) in [4.78, 5) is 30.5. The van der Waals surface area contributed by atoms with Crippen LogP contribution in [0.3, 0.4) is 0 Å². The van der Waals surface area contributed by atoms with E-state index >= 15 is 0 Å². The Morgan fingerprint density at radius 3 is 2.83 bits per heavy atom. The number of rotatable bonds is 5. The van der Waals surface area contributed by atoms with E-state index in [4.69, 9.17) is 16.3 Å². The lowest BCUT2D eigenvalue weighted by Gasteiger charge is -2.14. The number of nitrogens with one attached hydrogen (secondary N) is 2. The number of benzene rings is 1. The Labute approximate surface area is 142 Å². The van der Waals surface area contributed by atoms with Crippen LogP contribution in [0.2, 0.25) is 5.02 Å². The fourth-order valence-electron chi connectivity index (χ4n) is 1.84. The standard InChI is InChI=1S/C15H16ClN3O3S/c1-8-6-13(20)19-15(17-8)23-9(2)14(21)18-11-7-10(16)4-5-12(11)22-3/h4-7,9H,1-3H3,(H,18,21)(H,17,19,20)/t9-/m0/s1. The average molecular weight is 354 g/mol. The Bertz CT molecular complexity index is 779. The zero-order valence-corrected chi connectivity index (χ0v) is 14.4. The minimum Gasteiger partial charge on any atom is -0.495 e. The first-order valence-electron chi connectivity index (χ1n) is 6.78. The van der Waals surface area contributed by atoms with Crippen molar-refractivity contribution < 1.29 is 9.53 Å². The monoisotopic (exact) mass is 353 g/mol. The number of aromatic amines is 1. The summed E-state index contributed by atoms with van der Waals surface area (Å²) in [6, 6.07) is 6.36. The number of H-pyrrole nitrogens is 1. The van der Waals surface area contributed by atoms with Crippen molar-refractivity contribution in [1.82, 2.24) is 9.97 Å². The Morgan fingerprint density at radius 1 is 1.43 bits per heavy atom. The number of hydrogen-bond acceptors (Lipinski definition) is 5. The van der Waals surface area contributed by atoms with Crippen molar-refractivity contribution >= 4 is 35.0 Å². The van der Waals surface area contributed by atoms with E-state index in [1.54, 1.807) is 32.0 Å². The van der Waals surface area contributed by atoms with Crippen LogP contribution in [0.4, 0.5) is 5.69 Å². The van der Waals surface area contributed by atoms with Crippen LogP contribution in [0.15, 0.2) is 34.2 Å². The highest BCUT2D eigenvalue weighted by molar-refractivity contribution is 8.00. The molecule has 0 unspecified atom stereocenters. The van der Waals surface area contributed by atoms with Crippen molar-refractivity contribution in [3.8, 4) is 5.75 Å². The van der Waals surface area contributed by atoms with E-state index in [1.165, 1.54) is 13.2 Å². The quantitative estimate of drug-likeness (QED) is 0.637. The van der Waals surface area contributed by atoms with E-state index in [1.807, 2.05) is 0 Å². The molecule has 2 N–H and O–H groups in total. The fourth-order valence-corrected chi connectivity index (χ4v) is 2.87. The van der Waals surface area contributed by atoms with Gasteiger partial charge in [0.05, 0.1) is 18.0 Å². The van der Waals surface area contributed by atoms with Crippen LogP contribution in [0.5, 0.6) is 5.75 Å². The largest absolute Gasteiger partial charge is 0.495 e. The lowest BCUT2D eigenvalue weighted by atomic mass is 10.3. The molecule has 2 rings (SSSR count). The first-order chi connectivity index (χ1) is 10.9. The average Bonchev–Trinajstić information content (AvgIpc) is 2.46. The molecule has 1 atom stereocenters. The van der Waals surface area contributed by atoms with Gasteiger partial charge in [-0.05, 0) is 32.0 Å². The normalized spacial score (nSPS) is 11.8. The summed E-state index contributed by atoms with van der Waals surface area (Å²) in [5.41, 5.74) is 0.840. The Kier molecular flexibility index (Phi) is 5.68. The number of carbonyl (C=O) groups excluding carboxylic acids is 1. The van der Waals surface area contributed by atoms with Crippen LogP contribution in [-0.4, -0.2) is 28.2 Å². The summed E-state index contributed by atoms with van der Waals surface area (Å²) < 4.78 is 5.19. The molecular weight excluding hydrogens is 338 g/mol. The topological polar surface area (TPSA) is 84.1 Å². The number of hydrogen-bond donors (Lipinski definition) is 2. The van der Waals surface area contributed by atoms with E-state index in [0.29, 0.717) is 27.3 Å². The van der Waals surface area contributed by atoms with E-state index in [0.717, 1.165) is 11.8 Å². The molecule has 0 bridgehead atoms. The number of anilines is 1. The number of halogens is 1. The molecule has 122 valence electrons. The Hall–Kier alpha value is -1.99. The molecule has 1 aromatic heterocycles. The number of amides is 1. The summed E-state index contributed by atoms with van der Waals surface area (Å²) in [7, 11) is 1.51. The molecule has 0 aliphatic heterocycles. The highest BCUT2D eigenvalue weighted by Crippen LogP contribution is 2.29. The zero-order chi connectivity index (χ0) is 17.0. The van der Waals surface area contributed by atoms with Crippen molar-refractivity contribution in [1.29, 1.82) is 0 Å². The van der Waals surface area contributed by atoms with Crippen LogP contribution in [0.1, 0.15) is 12.6 Å². The third kappa shape index (κ3) is 4.74.